The zero-order valence-corrected chi connectivity index (χ0v) is 14.9. The monoisotopic (exact) mass is 382 g/mol. The second kappa shape index (κ2) is 7.93. The summed E-state index contributed by atoms with van der Waals surface area (Å²) in [5.74, 6) is -2.16. The number of nitrogens with zero attached hydrogens (tertiary/aromatic N) is 4. The third kappa shape index (κ3) is 5.18. The second-order valence-electron chi connectivity index (χ2n) is 6.61. The van der Waals surface area contributed by atoms with Gasteiger partial charge in [-0.2, -0.15) is 10.1 Å². The average Bonchev–Trinajstić information content (AvgIpc) is 3.11. The Balaban J connectivity index is 1.82. The van der Waals surface area contributed by atoms with Gasteiger partial charge in [0.15, 0.2) is 0 Å². The Hall–Kier alpha value is -2.65. The first kappa shape index (κ1) is 19.1. The highest BCUT2D eigenvalue weighted by molar-refractivity contribution is 5.72. The molecule has 10 heteroatoms. The lowest BCUT2D eigenvalue weighted by atomic mass is 9.92. The molecule has 2 aromatic heterocycles. The van der Waals surface area contributed by atoms with E-state index in [1.54, 1.807) is 6.07 Å². The third-order valence-corrected chi connectivity index (χ3v) is 4.34. The molecule has 1 aliphatic rings. The van der Waals surface area contributed by atoms with Crippen molar-refractivity contribution in [2.75, 3.05) is 5.32 Å². The van der Waals surface area contributed by atoms with Gasteiger partial charge in [-0.3, -0.25) is 4.79 Å². The first-order valence-electron chi connectivity index (χ1n) is 8.72. The lowest BCUT2D eigenvalue weighted by Gasteiger charge is -2.29. The quantitative estimate of drug-likeness (QED) is 0.803. The van der Waals surface area contributed by atoms with Crippen molar-refractivity contribution < 1.29 is 18.0 Å². The molecular formula is C17H21F3N6O. The number of hydrogen-bond acceptors (Lipinski definition) is 5. The minimum atomic E-state index is -2.61. The summed E-state index contributed by atoms with van der Waals surface area (Å²) in [5, 5.41) is 9.86. The van der Waals surface area contributed by atoms with Crippen LogP contribution in [0.3, 0.4) is 0 Å². The van der Waals surface area contributed by atoms with Crippen molar-refractivity contribution in [2.45, 2.75) is 57.8 Å². The summed E-state index contributed by atoms with van der Waals surface area (Å²) in [6, 6.07) is 3.05. The molecule has 3 rings (SSSR count). The fraction of sp³-hybridized carbons (Fsp3) is 0.529. The molecule has 0 aliphatic heterocycles. The molecule has 0 bridgehead atoms. The SMILES string of the molecule is CC(=O)NCc1cc(NC2CCC(F)(F)CC2)nc(-n2ccc(CF)n2)n1. The first-order valence-corrected chi connectivity index (χ1v) is 8.72. The maximum atomic E-state index is 13.3. The minimum Gasteiger partial charge on any atom is -0.367 e. The molecule has 1 aliphatic carbocycles. The minimum absolute atomic E-state index is 0.125. The zero-order chi connectivity index (χ0) is 19.4. The van der Waals surface area contributed by atoms with Gasteiger partial charge in [0.25, 0.3) is 5.95 Å². The molecule has 1 fully saturated rings. The Morgan fingerprint density at radius 1 is 1.30 bits per heavy atom. The Kier molecular flexibility index (Phi) is 5.62. The fourth-order valence-corrected chi connectivity index (χ4v) is 2.90. The van der Waals surface area contributed by atoms with E-state index in [2.05, 4.69) is 25.7 Å². The molecule has 0 unspecified atom stereocenters. The smallest absolute Gasteiger partial charge is 0.252 e. The molecule has 1 amide bonds. The number of rotatable bonds is 6. The van der Waals surface area contributed by atoms with Crippen LogP contribution in [-0.4, -0.2) is 37.6 Å². The second-order valence-corrected chi connectivity index (χ2v) is 6.61. The Labute approximate surface area is 154 Å². The van der Waals surface area contributed by atoms with Crippen LogP contribution in [-0.2, 0) is 18.0 Å². The number of halogens is 3. The molecule has 2 aromatic rings. The van der Waals surface area contributed by atoms with Gasteiger partial charge in [0.2, 0.25) is 11.8 Å². The molecule has 27 heavy (non-hydrogen) atoms. The molecule has 2 N–H and O–H groups in total. The molecule has 0 radical (unpaired) electrons. The van der Waals surface area contributed by atoms with Gasteiger partial charge in [0, 0.05) is 38.1 Å². The van der Waals surface area contributed by atoms with E-state index in [9.17, 15) is 18.0 Å². The summed E-state index contributed by atoms with van der Waals surface area (Å²) >= 11 is 0. The predicted octanol–water partition coefficient (Wildman–Crippen LogP) is 2.76. The van der Waals surface area contributed by atoms with Crippen molar-refractivity contribution in [3.8, 4) is 5.95 Å². The first-order chi connectivity index (χ1) is 12.8. The highest BCUT2D eigenvalue weighted by Crippen LogP contribution is 2.34. The molecule has 146 valence electrons. The van der Waals surface area contributed by atoms with Gasteiger partial charge in [0.1, 0.15) is 12.5 Å². The van der Waals surface area contributed by atoms with Crippen molar-refractivity contribution >= 4 is 11.7 Å². The average molecular weight is 382 g/mol. The summed E-state index contributed by atoms with van der Waals surface area (Å²) in [5.41, 5.74) is 0.769. The lowest BCUT2D eigenvalue weighted by molar-refractivity contribution is -0.119. The van der Waals surface area contributed by atoms with Crippen LogP contribution < -0.4 is 10.6 Å². The van der Waals surface area contributed by atoms with Crippen molar-refractivity contribution in [2.24, 2.45) is 0 Å². The number of anilines is 1. The molecule has 7 nitrogen and oxygen atoms in total. The van der Waals surface area contributed by atoms with Crippen LogP contribution in [0.15, 0.2) is 18.3 Å². The van der Waals surface area contributed by atoms with Crippen LogP contribution in [0.25, 0.3) is 5.95 Å². The molecule has 0 atom stereocenters. The van der Waals surface area contributed by atoms with Crippen molar-refractivity contribution in [1.82, 2.24) is 25.1 Å². The number of aromatic nitrogens is 4. The molecule has 1 saturated carbocycles. The molecule has 2 heterocycles. The largest absolute Gasteiger partial charge is 0.367 e. The molecule has 0 saturated heterocycles. The summed E-state index contributed by atoms with van der Waals surface area (Å²) in [4.78, 5) is 19.9. The van der Waals surface area contributed by atoms with E-state index in [-0.39, 0.29) is 43.0 Å². The number of hydrogen-bond donors (Lipinski definition) is 2. The van der Waals surface area contributed by atoms with Crippen molar-refractivity contribution in [3.05, 3.63) is 29.7 Å². The fourth-order valence-electron chi connectivity index (χ4n) is 2.90. The van der Waals surface area contributed by atoms with Gasteiger partial charge in [-0.15, -0.1) is 0 Å². The van der Waals surface area contributed by atoms with Crippen LogP contribution in [0.4, 0.5) is 19.0 Å². The highest BCUT2D eigenvalue weighted by atomic mass is 19.3. The van der Waals surface area contributed by atoms with Gasteiger partial charge >= 0.3 is 0 Å². The predicted molar refractivity (Wildman–Crippen MR) is 92.3 cm³/mol. The van der Waals surface area contributed by atoms with Crippen LogP contribution in [0.2, 0.25) is 0 Å². The Morgan fingerprint density at radius 3 is 2.67 bits per heavy atom. The van der Waals surface area contributed by atoms with E-state index in [0.29, 0.717) is 24.4 Å². The maximum Gasteiger partial charge on any atom is 0.252 e. The number of carbonyl (C=O) groups is 1. The topological polar surface area (TPSA) is 84.7 Å². The lowest BCUT2D eigenvalue weighted by Crippen LogP contribution is -2.32. The van der Waals surface area contributed by atoms with Crippen LogP contribution in [0.5, 0.6) is 0 Å². The maximum absolute atomic E-state index is 13.3. The summed E-state index contributed by atoms with van der Waals surface area (Å²) < 4.78 is 40.8. The van der Waals surface area contributed by atoms with Gasteiger partial charge < -0.3 is 10.6 Å². The van der Waals surface area contributed by atoms with Crippen LogP contribution in [0, 0.1) is 0 Å². The van der Waals surface area contributed by atoms with Gasteiger partial charge in [-0.25, -0.2) is 22.8 Å². The van der Waals surface area contributed by atoms with E-state index in [1.807, 2.05) is 0 Å². The highest BCUT2D eigenvalue weighted by Gasteiger charge is 2.35. The number of amides is 1. The van der Waals surface area contributed by atoms with Crippen molar-refractivity contribution in [3.63, 3.8) is 0 Å². The molecule has 0 aromatic carbocycles. The Morgan fingerprint density at radius 2 is 2.04 bits per heavy atom. The van der Waals surface area contributed by atoms with Crippen molar-refractivity contribution in [1.29, 1.82) is 0 Å². The Bertz CT molecular complexity index is 800. The van der Waals surface area contributed by atoms with Gasteiger partial charge in [-0.1, -0.05) is 0 Å². The molecular weight excluding hydrogens is 361 g/mol. The van der Waals surface area contributed by atoms with E-state index in [4.69, 9.17) is 0 Å². The van der Waals surface area contributed by atoms with E-state index >= 15 is 0 Å². The third-order valence-electron chi connectivity index (χ3n) is 4.34. The van der Waals surface area contributed by atoms with Gasteiger partial charge in [-0.05, 0) is 18.9 Å². The number of nitrogens with one attached hydrogen (secondary N) is 2. The number of alkyl halides is 3. The standard InChI is InChI=1S/C17H21F3N6O/c1-11(27)21-10-14-8-15(22-12-2-5-17(19,20)6-3-12)24-16(23-14)26-7-4-13(9-18)25-26/h4,7-8,12H,2-3,5-6,9-10H2,1H3,(H,21,27)(H,22,23,24). The zero-order valence-electron chi connectivity index (χ0n) is 14.9. The van der Waals surface area contributed by atoms with Crippen LogP contribution >= 0.6 is 0 Å². The summed E-state index contributed by atoms with van der Waals surface area (Å²) in [6.45, 7) is 0.865. The normalized spacial score (nSPS) is 16.9. The molecule has 0 spiro atoms. The number of carbonyl (C=O) groups excluding carboxylic acids is 1. The van der Waals surface area contributed by atoms with E-state index < -0.39 is 12.6 Å². The van der Waals surface area contributed by atoms with E-state index in [1.165, 1.54) is 23.9 Å². The van der Waals surface area contributed by atoms with Gasteiger partial charge in [0.05, 0.1) is 17.9 Å². The van der Waals surface area contributed by atoms with E-state index in [0.717, 1.165) is 0 Å². The summed E-state index contributed by atoms with van der Waals surface area (Å²) in [7, 11) is 0. The van der Waals surface area contributed by atoms with Crippen LogP contribution in [0.1, 0.15) is 44.0 Å². The summed E-state index contributed by atoms with van der Waals surface area (Å²) in [6.07, 6.45) is 1.88.